The fraction of sp³-hybridized carbons (Fsp3) is 0.400. The summed E-state index contributed by atoms with van der Waals surface area (Å²) in [7, 11) is 1.91. The molecule has 2 aromatic heterocycles. The van der Waals surface area contributed by atoms with Crippen molar-refractivity contribution in [2.45, 2.75) is 13.5 Å². The molecule has 118 valence electrons. The molecule has 0 aromatic carbocycles. The highest BCUT2D eigenvalue weighted by molar-refractivity contribution is 5.79. The predicted octanol–water partition coefficient (Wildman–Crippen LogP) is 0.949. The van der Waals surface area contributed by atoms with Crippen LogP contribution in [0.3, 0.4) is 0 Å². The van der Waals surface area contributed by atoms with Crippen molar-refractivity contribution < 1.29 is 4.74 Å². The van der Waals surface area contributed by atoms with Crippen LogP contribution >= 0.6 is 0 Å². The second-order valence-corrected chi connectivity index (χ2v) is 4.61. The van der Waals surface area contributed by atoms with Gasteiger partial charge in [0.25, 0.3) is 0 Å². The van der Waals surface area contributed by atoms with Crippen LogP contribution in [0.1, 0.15) is 12.6 Å². The number of hydrogen-bond acceptors (Lipinski definition) is 4. The Bertz CT molecular complexity index is 581. The molecule has 0 aliphatic heterocycles. The lowest BCUT2D eigenvalue weighted by Crippen LogP contribution is -2.39. The molecule has 0 aliphatic carbocycles. The Labute approximate surface area is 130 Å². The Morgan fingerprint density at radius 1 is 1.32 bits per heavy atom. The molecule has 2 N–H and O–H groups in total. The maximum absolute atomic E-state index is 5.58. The lowest BCUT2D eigenvalue weighted by atomic mass is 10.4. The van der Waals surface area contributed by atoms with Crippen molar-refractivity contribution in [1.29, 1.82) is 0 Å². The number of ether oxygens (including phenoxy) is 1. The van der Waals surface area contributed by atoms with E-state index in [9.17, 15) is 0 Å². The normalized spacial score (nSPS) is 11.3. The van der Waals surface area contributed by atoms with Crippen LogP contribution in [-0.4, -0.2) is 40.4 Å². The van der Waals surface area contributed by atoms with E-state index in [4.69, 9.17) is 4.74 Å². The van der Waals surface area contributed by atoms with Gasteiger partial charge in [-0.1, -0.05) is 0 Å². The van der Waals surface area contributed by atoms with Crippen molar-refractivity contribution >= 4 is 5.96 Å². The molecule has 2 aromatic rings. The van der Waals surface area contributed by atoms with Crippen LogP contribution in [0.5, 0.6) is 5.75 Å². The Balaban J connectivity index is 1.77. The van der Waals surface area contributed by atoms with Crippen molar-refractivity contribution in [2.24, 2.45) is 12.0 Å². The molecule has 0 radical (unpaired) electrons. The lowest BCUT2D eigenvalue weighted by Gasteiger charge is -2.12. The van der Waals surface area contributed by atoms with E-state index in [1.807, 2.05) is 36.9 Å². The number of nitrogens with zero attached hydrogens (tertiary/aromatic N) is 4. The molecule has 0 spiro atoms. The van der Waals surface area contributed by atoms with Gasteiger partial charge in [0.2, 0.25) is 0 Å². The van der Waals surface area contributed by atoms with Gasteiger partial charge in [0.1, 0.15) is 12.4 Å². The highest BCUT2D eigenvalue weighted by Gasteiger charge is 2.00. The molecule has 0 atom stereocenters. The summed E-state index contributed by atoms with van der Waals surface area (Å²) in [4.78, 5) is 8.53. The second-order valence-electron chi connectivity index (χ2n) is 4.61. The summed E-state index contributed by atoms with van der Waals surface area (Å²) in [5.41, 5.74) is 1.06. The van der Waals surface area contributed by atoms with E-state index < -0.39 is 0 Å². The number of rotatable bonds is 7. The number of aromatic nitrogens is 3. The van der Waals surface area contributed by atoms with E-state index >= 15 is 0 Å². The average Bonchev–Trinajstić information content (AvgIpc) is 2.95. The SMILES string of the molecule is CCNC(=NCc1ccnn1C)NCCOc1cccnc1. The molecular formula is C15H22N6O. The molecule has 0 saturated carbocycles. The largest absolute Gasteiger partial charge is 0.490 e. The van der Waals surface area contributed by atoms with Gasteiger partial charge < -0.3 is 15.4 Å². The summed E-state index contributed by atoms with van der Waals surface area (Å²) in [5, 5.41) is 10.6. The zero-order chi connectivity index (χ0) is 15.6. The van der Waals surface area contributed by atoms with Gasteiger partial charge in [-0.25, -0.2) is 4.99 Å². The van der Waals surface area contributed by atoms with Gasteiger partial charge in [0.15, 0.2) is 5.96 Å². The van der Waals surface area contributed by atoms with Crippen molar-refractivity contribution in [3.05, 3.63) is 42.5 Å². The average molecular weight is 302 g/mol. The Morgan fingerprint density at radius 2 is 2.23 bits per heavy atom. The Hall–Kier alpha value is -2.57. The lowest BCUT2D eigenvalue weighted by molar-refractivity contribution is 0.320. The molecule has 0 fully saturated rings. The number of guanidine groups is 1. The molecular weight excluding hydrogens is 280 g/mol. The highest BCUT2D eigenvalue weighted by Crippen LogP contribution is 2.04. The van der Waals surface area contributed by atoms with Gasteiger partial charge >= 0.3 is 0 Å². The second kappa shape index (κ2) is 8.66. The van der Waals surface area contributed by atoms with Crippen molar-refractivity contribution in [2.75, 3.05) is 19.7 Å². The first-order valence-corrected chi connectivity index (χ1v) is 7.31. The maximum atomic E-state index is 5.58. The smallest absolute Gasteiger partial charge is 0.191 e. The van der Waals surface area contributed by atoms with Crippen LogP contribution in [0, 0.1) is 0 Å². The number of aryl methyl sites for hydroxylation is 1. The number of aliphatic imine (C=N–C) groups is 1. The van der Waals surface area contributed by atoms with Gasteiger partial charge in [-0.2, -0.15) is 5.10 Å². The predicted molar refractivity (Wildman–Crippen MR) is 85.8 cm³/mol. The molecule has 7 heteroatoms. The molecule has 22 heavy (non-hydrogen) atoms. The van der Waals surface area contributed by atoms with Gasteiger partial charge in [-0.15, -0.1) is 0 Å². The standard InChI is InChI=1S/C15H22N6O/c1-3-17-15(19-11-13-6-8-20-21(13)2)18-9-10-22-14-5-4-7-16-12-14/h4-8,12H,3,9-11H2,1-2H3,(H2,17,18,19). The van der Waals surface area contributed by atoms with E-state index in [0.717, 1.165) is 23.9 Å². The Kier molecular flexibility index (Phi) is 6.22. The number of pyridine rings is 1. The molecule has 0 bridgehead atoms. The first-order chi connectivity index (χ1) is 10.8. The van der Waals surface area contributed by atoms with Gasteiger partial charge in [-0.05, 0) is 25.1 Å². The number of hydrogen-bond donors (Lipinski definition) is 2. The van der Waals surface area contributed by atoms with Crippen molar-refractivity contribution in [1.82, 2.24) is 25.4 Å². The van der Waals surface area contributed by atoms with Crippen LogP contribution < -0.4 is 15.4 Å². The summed E-state index contributed by atoms with van der Waals surface area (Å²) >= 11 is 0. The Morgan fingerprint density at radius 3 is 2.91 bits per heavy atom. The van der Waals surface area contributed by atoms with Crippen LogP contribution in [0.25, 0.3) is 0 Å². The molecule has 0 unspecified atom stereocenters. The molecule has 2 rings (SSSR count). The van der Waals surface area contributed by atoms with Gasteiger partial charge in [0, 0.05) is 26.0 Å². The third-order valence-electron chi connectivity index (χ3n) is 2.96. The molecule has 0 amide bonds. The summed E-state index contributed by atoms with van der Waals surface area (Å²) in [6.45, 7) is 4.62. The third-order valence-corrected chi connectivity index (χ3v) is 2.96. The van der Waals surface area contributed by atoms with E-state index in [2.05, 4.69) is 25.7 Å². The van der Waals surface area contributed by atoms with Crippen LogP contribution in [0.2, 0.25) is 0 Å². The van der Waals surface area contributed by atoms with E-state index in [0.29, 0.717) is 19.7 Å². The quantitative estimate of drug-likeness (QED) is 0.452. The zero-order valence-electron chi connectivity index (χ0n) is 13.0. The summed E-state index contributed by atoms with van der Waals surface area (Å²) in [6, 6.07) is 5.69. The zero-order valence-corrected chi connectivity index (χ0v) is 13.0. The summed E-state index contributed by atoms with van der Waals surface area (Å²) in [6.07, 6.45) is 5.19. The fourth-order valence-electron chi connectivity index (χ4n) is 1.83. The monoisotopic (exact) mass is 302 g/mol. The third kappa shape index (κ3) is 5.08. The van der Waals surface area contributed by atoms with Gasteiger partial charge in [-0.3, -0.25) is 9.67 Å². The minimum absolute atomic E-state index is 0.543. The van der Waals surface area contributed by atoms with Crippen LogP contribution in [-0.2, 0) is 13.6 Å². The summed E-state index contributed by atoms with van der Waals surface area (Å²) < 4.78 is 7.40. The number of nitrogens with one attached hydrogen (secondary N) is 2. The van der Waals surface area contributed by atoms with Gasteiger partial charge in [0.05, 0.1) is 25.0 Å². The molecule has 0 aliphatic rings. The summed E-state index contributed by atoms with van der Waals surface area (Å²) in [5.74, 6) is 1.53. The van der Waals surface area contributed by atoms with E-state index in [-0.39, 0.29) is 0 Å². The van der Waals surface area contributed by atoms with Crippen LogP contribution in [0.4, 0.5) is 0 Å². The van der Waals surface area contributed by atoms with Crippen molar-refractivity contribution in [3.8, 4) is 5.75 Å². The topological polar surface area (TPSA) is 76.4 Å². The first kappa shape index (κ1) is 15.8. The highest BCUT2D eigenvalue weighted by atomic mass is 16.5. The fourth-order valence-corrected chi connectivity index (χ4v) is 1.83. The minimum Gasteiger partial charge on any atom is -0.490 e. The molecule has 2 heterocycles. The molecule has 0 saturated heterocycles. The van der Waals surface area contributed by atoms with E-state index in [1.54, 1.807) is 18.6 Å². The maximum Gasteiger partial charge on any atom is 0.191 e. The minimum atomic E-state index is 0.543. The van der Waals surface area contributed by atoms with E-state index in [1.165, 1.54) is 0 Å². The van der Waals surface area contributed by atoms with Crippen LogP contribution in [0.15, 0.2) is 41.8 Å². The first-order valence-electron chi connectivity index (χ1n) is 7.31. The van der Waals surface area contributed by atoms with Crippen molar-refractivity contribution in [3.63, 3.8) is 0 Å². The molecule has 7 nitrogen and oxygen atoms in total.